The highest BCUT2D eigenvalue weighted by Gasteiger charge is 2.45. The summed E-state index contributed by atoms with van der Waals surface area (Å²) < 4.78 is 17.1. The molecule has 2 heterocycles. The molecular weight excluding hydrogens is 360 g/mol. The Morgan fingerprint density at radius 1 is 1.29 bits per heavy atom. The van der Waals surface area contributed by atoms with Gasteiger partial charge in [-0.1, -0.05) is 0 Å². The molecule has 2 fully saturated rings. The Kier molecular flexibility index (Phi) is 6.47. The van der Waals surface area contributed by atoms with E-state index >= 15 is 0 Å². The van der Waals surface area contributed by atoms with Crippen molar-refractivity contribution in [3.8, 4) is 11.5 Å². The van der Waals surface area contributed by atoms with Crippen molar-refractivity contribution in [2.45, 2.75) is 50.2 Å². The molecule has 1 atom stereocenters. The molecular formula is C21H32N2O5. The molecule has 7 heteroatoms. The fourth-order valence-electron chi connectivity index (χ4n) is 4.13. The van der Waals surface area contributed by atoms with Crippen LogP contribution in [0.25, 0.3) is 0 Å². The van der Waals surface area contributed by atoms with Gasteiger partial charge in [-0.15, -0.1) is 0 Å². The molecule has 28 heavy (non-hydrogen) atoms. The summed E-state index contributed by atoms with van der Waals surface area (Å²) in [7, 11) is 1.58. The minimum Gasteiger partial charge on any atom is -0.493 e. The molecule has 1 aromatic carbocycles. The second-order valence-corrected chi connectivity index (χ2v) is 8.10. The van der Waals surface area contributed by atoms with Crippen LogP contribution in [0.5, 0.6) is 11.5 Å². The number of benzene rings is 1. The molecule has 1 spiro atoms. The van der Waals surface area contributed by atoms with Crippen molar-refractivity contribution in [2.24, 2.45) is 5.73 Å². The number of nitrogens with two attached hydrogens (primary N) is 1. The number of methoxy groups -OCH3 is 1. The highest BCUT2D eigenvalue weighted by Crippen LogP contribution is 2.39. The highest BCUT2D eigenvalue weighted by molar-refractivity contribution is 5.95. The van der Waals surface area contributed by atoms with Crippen molar-refractivity contribution < 1.29 is 24.1 Å². The largest absolute Gasteiger partial charge is 0.493 e. The van der Waals surface area contributed by atoms with E-state index in [2.05, 4.69) is 0 Å². The monoisotopic (exact) mass is 392 g/mol. The van der Waals surface area contributed by atoms with Crippen molar-refractivity contribution in [1.82, 2.24) is 4.90 Å². The first-order chi connectivity index (χ1) is 13.4. The van der Waals surface area contributed by atoms with Crippen LogP contribution in [-0.2, 0) is 4.74 Å². The SMILES string of the molecule is COc1ccc(C(=O)N2CCC3(CC2)CC(C)(O)CCO3)cc1OCCCN. The van der Waals surface area contributed by atoms with Gasteiger partial charge in [0, 0.05) is 25.1 Å². The number of carbonyl (C=O) groups is 1. The summed E-state index contributed by atoms with van der Waals surface area (Å²) >= 11 is 0. The van der Waals surface area contributed by atoms with E-state index in [9.17, 15) is 9.90 Å². The summed E-state index contributed by atoms with van der Waals surface area (Å²) in [5, 5.41) is 10.4. The summed E-state index contributed by atoms with van der Waals surface area (Å²) in [5.41, 5.74) is 5.10. The number of piperidine rings is 1. The Hall–Kier alpha value is -1.83. The zero-order valence-corrected chi connectivity index (χ0v) is 16.9. The second kappa shape index (κ2) is 8.68. The third-order valence-corrected chi connectivity index (χ3v) is 5.73. The van der Waals surface area contributed by atoms with E-state index in [1.165, 1.54) is 0 Å². The lowest BCUT2D eigenvalue weighted by atomic mass is 9.78. The van der Waals surface area contributed by atoms with Crippen molar-refractivity contribution in [3.05, 3.63) is 23.8 Å². The van der Waals surface area contributed by atoms with Crippen LogP contribution in [0.2, 0.25) is 0 Å². The third-order valence-electron chi connectivity index (χ3n) is 5.73. The number of amides is 1. The van der Waals surface area contributed by atoms with E-state index in [1.54, 1.807) is 25.3 Å². The molecule has 2 saturated heterocycles. The Balaban J connectivity index is 1.65. The zero-order valence-electron chi connectivity index (χ0n) is 16.9. The molecule has 3 rings (SSSR count). The quantitative estimate of drug-likeness (QED) is 0.719. The maximum Gasteiger partial charge on any atom is 0.253 e. The average Bonchev–Trinajstić information content (AvgIpc) is 2.67. The maximum absolute atomic E-state index is 13.0. The third kappa shape index (κ3) is 4.77. The van der Waals surface area contributed by atoms with Crippen LogP contribution in [0.1, 0.15) is 49.4 Å². The Morgan fingerprint density at radius 2 is 2.04 bits per heavy atom. The number of ether oxygens (including phenoxy) is 3. The van der Waals surface area contributed by atoms with E-state index in [1.807, 2.05) is 11.8 Å². The Labute approximate surface area is 166 Å². The lowest BCUT2D eigenvalue weighted by molar-refractivity contribution is -0.170. The topological polar surface area (TPSA) is 94.2 Å². The Bertz CT molecular complexity index is 683. The normalized spacial score (nSPS) is 24.2. The average molecular weight is 392 g/mol. The van der Waals surface area contributed by atoms with Crippen LogP contribution in [0, 0.1) is 0 Å². The first kappa shape index (κ1) is 20.9. The lowest BCUT2D eigenvalue weighted by Gasteiger charge is -2.48. The molecule has 0 aromatic heterocycles. The molecule has 0 radical (unpaired) electrons. The molecule has 3 N–H and O–H groups in total. The van der Waals surface area contributed by atoms with Gasteiger partial charge in [0.1, 0.15) is 0 Å². The van der Waals surface area contributed by atoms with Crippen LogP contribution in [0.4, 0.5) is 0 Å². The molecule has 0 saturated carbocycles. The first-order valence-corrected chi connectivity index (χ1v) is 10.0. The van der Waals surface area contributed by atoms with Gasteiger partial charge in [0.2, 0.25) is 0 Å². The minimum atomic E-state index is -0.684. The molecule has 0 bridgehead atoms. The highest BCUT2D eigenvalue weighted by atomic mass is 16.5. The number of likely N-dealkylation sites (tertiary alicyclic amines) is 1. The molecule has 156 valence electrons. The van der Waals surface area contributed by atoms with Crippen molar-refractivity contribution in [1.29, 1.82) is 0 Å². The number of rotatable bonds is 6. The summed E-state index contributed by atoms with van der Waals surface area (Å²) in [6.07, 6.45) is 3.51. The summed E-state index contributed by atoms with van der Waals surface area (Å²) in [6, 6.07) is 5.27. The van der Waals surface area contributed by atoms with E-state index in [0.29, 0.717) is 62.8 Å². The summed E-state index contributed by atoms with van der Waals surface area (Å²) in [5.74, 6) is 1.13. The predicted molar refractivity (Wildman–Crippen MR) is 106 cm³/mol. The lowest BCUT2D eigenvalue weighted by Crippen LogP contribution is -2.54. The van der Waals surface area contributed by atoms with Crippen LogP contribution in [0.3, 0.4) is 0 Å². The van der Waals surface area contributed by atoms with E-state index < -0.39 is 5.60 Å². The van der Waals surface area contributed by atoms with Crippen molar-refractivity contribution in [3.63, 3.8) is 0 Å². The molecule has 1 amide bonds. The Morgan fingerprint density at radius 3 is 2.68 bits per heavy atom. The van der Waals surface area contributed by atoms with E-state index in [4.69, 9.17) is 19.9 Å². The van der Waals surface area contributed by atoms with Gasteiger partial charge in [-0.3, -0.25) is 4.79 Å². The molecule has 1 aromatic rings. The summed E-state index contributed by atoms with van der Waals surface area (Å²) in [4.78, 5) is 14.9. The number of hydrogen-bond donors (Lipinski definition) is 2. The van der Waals surface area contributed by atoms with Gasteiger partial charge in [-0.2, -0.15) is 0 Å². The van der Waals surface area contributed by atoms with Crippen LogP contribution in [0.15, 0.2) is 18.2 Å². The fourth-order valence-corrected chi connectivity index (χ4v) is 4.13. The predicted octanol–water partition coefficient (Wildman–Crippen LogP) is 1.96. The van der Waals surface area contributed by atoms with Crippen molar-refractivity contribution in [2.75, 3.05) is 40.0 Å². The van der Waals surface area contributed by atoms with Crippen molar-refractivity contribution >= 4 is 5.91 Å². The van der Waals surface area contributed by atoms with Crippen LogP contribution < -0.4 is 15.2 Å². The van der Waals surface area contributed by atoms with Gasteiger partial charge >= 0.3 is 0 Å². The van der Waals surface area contributed by atoms with Crippen LogP contribution >= 0.6 is 0 Å². The van der Waals surface area contributed by atoms with Gasteiger partial charge < -0.3 is 30.0 Å². The standard InChI is InChI=1S/C21H32N2O5/c1-20(25)8-13-28-21(15-20)6-10-23(11-7-21)19(24)16-4-5-17(26-2)18(14-16)27-12-3-9-22/h4-5,14,25H,3,6-13,15,22H2,1-2H3. The van der Waals surface area contributed by atoms with Crippen LogP contribution in [-0.4, -0.2) is 67.1 Å². The van der Waals surface area contributed by atoms with Gasteiger partial charge in [-0.25, -0.2) is 0 Å². The zero-order chi connectivity index (χ0) is 20.2. The van der Waals surface area contributed by atoms with E-state index in [-0.39, 0.29) is 11.5 Å². The van der Waals surface area contributed by atoms with Gasteiger partial charge in [0.05, 0.1) is 31.5 Å². The molecule has 2 aliphatic rings. The van der Waals surface area contributed by atoms with Gasteiger partial charge in [0.15, 0.2) is 11.5 Å². The molecule has 1 unspecified atom stereocenters. The molecule has 7 nitrogen and oxygen atoms in total. The number of carbonyl (C=O) groups excluding carboxylic acids is 1. The van der Waals surface area contributed by atoms with Gasteiger partial charge in [0.25, 0.3) is 5.91 Å². The second-order valence-electron chi connectivity index (χ2n) is 8.10. The van der Waals surface area contributed by atoms with Gasteiger partial charge in [-0.05, 0) is 57.4 Å². The smallest absolute Gasteiger partial charge is 0.253 e. The summed E-state index contributed by atoms with van der Waals surface area (Å²) in [6.45, 7) is 4.70. The minimum absolute atomic E-state index is 0.0243. The van der Waals surface area contributed by atoms with E-state index in [0.717, 1.165) is 19.3 Å². The number of aliphatic hydroxyl groups is 1. The number of nitrogens with zero attached hydrogens (tertiary/aromatic N) is 1. The fraction of sp³-hybridized carbons (Fsp3) is 0.667. The number of hydrogen-bond acceptors (Lipinski definition) is 6. The molecule has 0 aliphatic carbocycles. The maximum atomic E-state index is 13.0. The molecule has 2 aliphatic heterocycles. The first-order valence-electron chi connectivity index (χ1n) is 10.0.